The van der Waals surface area contributed by atoms with Gasteiger partial charge >= 0.3 is 6.09 Å². The van der Waals surface area contributed by atoms with E-state index in [1.54, 1.807) is 17.0 Å². The highest BCUT2D eigenvalue weighted by Gasteiger charge is 2.45. The number of hydrogen-bond acceptors (Lipinski definition) is 9. The molecule has 2 saturated carbocycles. The van der Waals surface area contributed by atoms with Crippen molar-refractivity contribution in [1.29, 1.82) is 0 Å². The Hall–Kier alpha value is -4.09. The van der Waals surface area contributed by atoms with Crippen molar-refractivity contribution in [2.45, 2.75) is 121 Å². The standard InChI is InChI=1S/C42H56N4O7/c43-23-13-12-20-32(39(48)40-44-34-21-10-11-22-37(34)53-40)24-36(47)35-25-33(51-27-29-14-4-1-5-15-29)26-46(35)41(49)38(31-18-8-3-9-19-31)45-42(50)52-28-30-16-6-2-7-17-30/h2,6-7,10-11,16-17,21-22,29,31-33,35,38H,1,3-5,8-9,12-15,18-20,23-28,43H2,(H,45,50)/t32-,33-,35+,38-/m1/s1. The van der Waals surface area contributed by atoms with Gasteiger partial charge in [0.15, 0.2) is 11.4 Å². The van der Waals surface area contributed by atoms with Crippen LogP contribution in [0.25, 0.3) is 11.1 Å². The minimum Gasteiger partial charge on any atom is -0.445 e. The van der Waals surface area contributed by atoms with Crippen LogP contribution in [0.15, 0.2) is 59.0 Å². The first-order valence-corrected chi connectivity index (χ1v) is 19.9. The van der Waals surface area contributed by atoms with Crippen LogP contribution in [0, 0.1) is 17.8 Å². The third-order valence-electron chi connectivity index (χ3n) is 11.4. The third kappa shape index (κ3) is 10.5. The zero-order chi connectivity index (χ0) is 37.0. The van der Waals surface area contributed by atoms with E-state index < -0.39 is 24.1 Å². The molecule has 3 N–H and O–H groups in total. The van der Waals surface area contributed by atoms with Crippen LogP contribution >= 0.6 is 0 Å². The largest absolute Gasteiger partial charge is 0.445 e. The molecule has 0 radical (unpaired) electrons. The third-order valence-corrected chi connectivity index (χ3v) is 11.4. The van der Waals surface area contributed by atoms with E-state index in [1.165, 1.54) is 19.3 Å². The molecule has 2 aromatic carbocycles. The fourth-order valence-corrected chi connectivity index (χ4v) is 8.40. The number of rotatable bonds is 17. The number of amides is 2. The number of hydrogen-bond donors (Lipinski definition) is 2. The van der Waals surface area contributed by atoms with Gasteiger partial charge in [-0.3, -0.25) is 14.4 Å². The number of oxazole rings is 1. The first-order valence-electron chi connectivity index (χ1n) is 19.9. The topological polar surface area (TPSA) is 154 Å². The first-order chi connectivity index (χ1) is 25.9. The molecular weight excluding hydrogens is 672 g/mol. The molecule has 1 aromatic heterocycles. The number of ether oxygens (including phenoxy) is 2. The fraction of sp³-hybridized carbons (Fsp3) is 0.595. The number of aromatic nitrogens is 1. The first kappa shape index (κ1) is 38.6. The van der Waals surface area contributed by atoms with Gasteiger partial charge in [-0.05, 0) is 74.6 Å². The van der Waals surface area contributed by atoms with Crippen molar-refractivity contribution >= 4 is 34.7 Å². The van der Waals surface area contributed by atoms with Crippen molar-refractivity contribution in [2.75, 3.05) is 19.7 Å². The van der Waals surface area contributed by atoms with E-state index >= 15 is 0 Å². The molecule has 0 bridgehead atoms. The van der Waals surface area contributed by atoms with E-state index in [-0.39, 0.29) is 55.0 Å². The second kappa shape index (κ2) is 19.3. The van der Waals surface area contributed by atoms with Crippen molar-refractivity contribution in [3.05, 3.63) is 66.1 Å². The van der Waals surface area contributed by atoms with Gasteiger partial charge in [0.1, 0.15) is 18.2 Å². The molecule has 3 aliphatic rings. The summed E-state index contributed by atoms with van der Waals surface area (Å²) < 4.78 is 17.9. The molecule has 1 aliphatic heterocycles. The van der Waals surface area contributed by atoms with Gasteiger partial charge in [0.05, 0.1) is 12.1 Å². The number of benzene rings is 2. The quantitative estimate of drug-likeness (QED) is 0.109. The highest BCUT2D eigenvalue weighted by atomic mass is 16.5. The van der Waals surface area contributed by atoms with E-state index in [9.17, 15) is 19.2 Å². The summed E-state index contributed by atoms with van der Waals surface area (Å²) in [4.78, 5) is 62.4. The molecule has 53 heavy (non-hydrogen) atoms. The molecule has 11 heteroatoms. The van der Waals surface area contributed by atoms with Gasteiger partial charge in [0.25, 0.3) is 5.89 Å². The molecule has 286 valence electrons. The van der Waals surface area contributed by atoms with E-state index in [2.05, 4.69) is 10.3 Å². The van der Waals surface area contributed by atoms with Gasteiger partial charge < -0.3 is 29.8 Å². The smallest absolute Gasteiger partial charge is 0.408 e. The van der Waals surface area contributed by atoms with E-state index in [0.717, 1.165) is 50.5 Å². The zero-order valence-corrected chi connectivity index (χ0v) is 30.9. The Morgan fingerprint density at radius 3 is 2.36 bits per heavy atom. The lowest BCUT2D eigenvalue weighted by atomic mass is 9.83. The highest BCUT2D eigenvalue weighted by molar-refractivity contribution is 6.00. The second-order valence-corrected chi connectivity index (χ2v) is 15.3. The maximum atomic E-state index is 14.7. The van der Waals surface area contributed by atoms with Gasteiger partial charge in [0.2, 0.25) is 11.7 Å². The zero-order valence-electron chi connectivity index (χ0n) is 30.9. The Balaban J connectivity index is 1.21. The predicted molar refractivity (Wildman–Crippen MR) is 201 cm³/mol. The number of nitrogens with two attached hydrogens (primary N) is 1. The average Bonchev–Trinajstić information content (AvgIpc) is 3.84. The number of Topliss-reactive ketones (excluding diaryl/α,β-unsaturated/α-hetero) is 2. The summed E-state index contributed by atoms with van der Waals surface area (Å²) in [5.74, 6) is -1.11. The van der Waals surface area contributed by atoms with E-state index in [4.69, 9.17) is 19.6 Å². The molecule has 3 fully saturated rings. The van der Waals surface area contributed by atoms with Gasteiger partial charge in [-0.2, -0.15) is 0 Å². The Kier molecular flexibility index (Phi) is 14.1. The molecule has 2 aliphatic carbocycles. The van der Waals surface area contributed by atoms with Crippen molar-refractivity contribution in [3.8, 4) is 0 Å². The van der Waals surface area contributed by atoms with Gasteiger partial charge in [-0.15, -0.1) is 0 Å². The van der Waals surface area contributed by atoms with Crippen LogP contribution in [-0.2, 0) is 25.7 Å². The van der Waals surface area contributed by atoms with Crippen LogP contribution in [0.1, 0.15) is 113 Å². The highest BCUT2D eigenvalue weighted by Crippen LogP contribution is 2.33. The van der Waals surface area contributed by atoms with Crippen LogP contribution < -0.4 is 11.1 Å². The number of carbonyl (C=O) groups is 4. The number of ketones is 2. The average molecular weight is 729 g/mol. The molecule has 2 heterocycles. The molecule has 0 spiro atoms. The summed E-state index contributed by atoms with van der Waals surface area (Å²) in [6.45, 7) is 1.41. The lowest BCUT2D eigenvalue weighted by Crippen LogP contribution is -2.55. The van der Waals surface area contributed by atoms with Crippen LogP contribution in [0.2, 0.25) is 0 Å². The molecule has 0 unspecified atom stereocenters. The fourth-order valence-electron chi connectivity index (χ4n) is 8.40. The van der Waals surface area contributed by atoms with Gasteiger partial charge in [-0.25, -0.2) is 9.78 Å². The lowest BCUT2D eigenvalue weighted by molar-refractivity contribution is -0.141. The minimum atomic E-state index is -0.840. The van der Waals surface area contributed by atoms with Crippen molar-refractivity contribution in [1.82, 2.24) is 15.2 Å². The summed E-state index contributed by atoms with van der Waals surface area (Å²) in [7, 11) is 0. The van der Waals surface area contributed by atoms with E-state index in [0.29, 0.717) is 55.9 Å². The number of likely N-dealkylation sites (tertiary alicyclic amines) is 1. The summed E-state index contributed by atoms with van der Waals surface area (Å²) >= 11 is 0. The normalized spacial score (nSPS) is 21.0. The number of carbonyl (C=O) groups excluding carboxylic acids is 4. The Morgan fingerprint density at radius 2 is 1.62 bits per heavy atom. The lowest BCUT2D eigenvalue weighted by Gasteiger charge is -2.34. The Morgan fingerprint density at radius 1 is 0.906 bits per heavy atom. The molecule has 11 nitrogen and oxygen atoms in total. The number of alkyl carbamates (subject to hydrolysis) is 1. The Labute approximate surface area is 312 Å². The van der Waals surface area contributed by atoms with Crippen LogP contribution in [0.5, 0.6) is 0 Å². The second-order valence-electron chi connectivity index (χ2n) is 15.3. The van der Waals surface area contributed by atoms with Crippen LogP contribution in [-0.4, -0.2) is 71.3 Å². The number of fused-ring (bicyclic) bond motifs is 1. The SMILES string of the molecule is NCCCC[C@H](CC(=O)[C@@H]1C[C@@H](OCC2CCCCC2)CN1C(=O)[C@H](NC(=O)OCc1ccccc1)C1CCCCC1)C(=O)c1nc2ccccc2o1. The summed E-state index contributed by atoms with van der Waals surface area (Å²) in [5.41, 5.74) is 7.73. The van der Waals surface area contributed by atoms with Gasteiger partial charge in [0, 0.05) is 31.9 Å². The maximum Gasteiger partial charge on any atom is 0.408 e. The van der Waals surface area contributed by atoms with Crippen molar-refractivity contribution < 1.29 is 33.1 Å². The number of nitrogens with one attached hydrogen (secondary N) is 1. The molecular formula is C42H56N4O7. The van der Waals surface area contributed by atoms with E-state index in [1.807, 2.05) is 42.5 Å². The molecule has 2 amide bonds. The number of nitrogens with zero attached hydrogens (tertiary/aromatic N) is 2. The minimum absolute atomic E-state index is 0.0135. The molecule has 4 atom stereocenters. The monoisotopic (exact) mass is 728 g/mol. The number of unbranched alkanes of at least 4 members (excludes halogenated alkanes) is 1. The molecule has 3 aromatic rings. The predicted octanol–water partition coefficient (Wildman–Crippen LogP) is 7.16. The van der Waals surface area contributed by atoms with Crippen LogP contribution in [0.4, 0.5) is 4.79 Å². The summed E-state index contributed by atoms with van der Waals surface area (Å²) in [6.07, 6.45) is 11.6. The number of para-hydroxylation sites is 2. The van der Waals surface area contributed by atoms with Gasteiger partial charge in [-0.1, -0.05) is 87.4 Å². The van der Waals surface area contributed by atoms with Crippen molar-refractivity contribution in [2.24, 2.45) is 23.5 Å². The summed E-state index contributed by atoms with van der Waals surface area (Å²) in [5, 5.41) is 2.93. The molecule has 6 rings (SSSR count). The van der Waals surface area contributed by atoms with Crippen LogP contribution in [0.3, 0.4) is 0 Å². The summed E-state index contributed by atoms with van der Waals surface area (Å²) in [6, 6.07) is 15.0. The maximum absolute atomic E-state index is 14.7. The van der Waals surface area contributed by atoms with Crippen molar-refractivity contribution in [3.63, 3.8) is 0 Å². The Bertz CT molecular complexity index is 1620. The molecule has 1 saturated heterocycles.